The summed E-state index contributed by atoms with van der Waals surface area (Å²) in [7, 11) is 0. The fraction of sp³-hybridized carbons (Fsp3) is 0.593. The Kier molecular flexibility index (Phi) is 21.3. The van der Waals surface area contributed by atoms with Crippen LogP contribution in [0.5, 0.6) is 0 Å². The number of piperazine rings is 2. The van der Waals surface area contributed by atoms with E-state index >= 15 is 0 Å². The molecule has 0 radical (unpaired) electrons. The van der Waals surface area contributed by atoms with Gasteiger partial charge in [0, 0.05) is 64.8 Å². The van der Waals surface area contributed by atoms with E-state index in [4.69, 9.17) is 54.3 Å². The monoisotopic (exact) mass is 716 g/mol. The number of hydrogen-bond acceptors (Lipinski definition) is 13. The first-order valence-corrected chi connectivity index (χ1v) is 14.9. The van der Waals surface area contributed by atoms with Crippen molar-refractivity contribution in [2.75, 3.05) is 57.3 Å². The number of hydrogen-bond donors (Lipinski definition) is 1. The van der Waals surface area contributed by atoms with Gasteiger partial charge in [0.25, 0.3) is 6.47 Å². The molecule has 0 aromatic carbocycles. The van der Waals surface area contributed by atoms with Crippen LogP contribution in [0.2, 0.25) is 15.6 Å². The predicted molar refractivity (Wildman–Crippen MR) is 167 cm³/mol. The SMILES string of the molecule is CC(C)(C)OC(=O)N1CCN(c2nccc(Cl)n2)CC1.CC(C)(C)OC(=O)N1CCNCC1.Clc1ccnc(Cl)n1.O=CO[O-].[Na+]. The largest absolute Gasteiger partial charge is 1.00 e. The van der Waals surface area contributed by atoms with Crippen LogP contribution in [0.25, 0.3) is 0 Å². The van der Waals surface area contributed by atoms with E-state index in [0.717, 1.165) is 26.2 Å². The Hall–Kier alpha value is -2.24. The molecule has 0 aliphatic carbocycles. The number of aromatic nitrogens is 4. The molecule has 15 nitrogen and oxygen atoms in total. The molecule has 2 fully saturated rings. The van der Waals surface area contributed by atoms with Gasteiger partial charge in [-0.05, 0) is 65.3 Å². The van der Waals surface area contributed by atoms with Gasteiger partial charge in [-0.2, -0.15) is 0 Å². The van der Waals surface area contributed by atoms with Gasteiger partial charge in [-0.1, -0.05) is 23.2 Å². The van der Waals surface area contributed by atoms with Crippen molar-refractivity contribution < 1.29 is 63.6 Å². The number of anilines is 1. The molecule has 2 aromatic heterocycles. The number of halogens is 3. The summed E-state index contributed by atoms with van der Waals surface area (Å²) in [4.78, 5) is 55.7. The van der Waals surface area contributed by atoms with Crippen molar-refractivity contribution >= 4 is 59.4 Å². The average Bonchev–Trinajstić information content (AvgIpc) is 2.97. The number of nitrogens with zero attached hydrogens (tertiary/aromatic N) is 7. The van der Waals surface area contributed by atoms with Gasteiger partial charge in [0.1, 0.15) is 21.5 Å². The smallest absolute Gasteiger partial charge is 0.662 e. The van der Waals surface area contributed by atoms with Crippen LogP contribution in [0.4, 0.5) is 15.5 Å². The van der Waals surface area contributed by atoms with Crippen molar-refractivity contribution in [3.05, 3.63) is 40.1 Å². The molecule has 252 valence electrons. The van der Waals surface area contributed by atoms with Crippen LogP contribution >= 0.6 is 34.8 Å². The maximum Gasteiger partial charge on any atom is 1.00 e. The Morgan fingerprint density at radius 2 is 1.24 bits per heavy atom. The van der Waals surface area contributed by atoms with Crippen LogP contribution in [0.3, 0.4) is 0 Å². The zero-order valence-electron chi connectivity index (χ0n) is 27.2. The predicted octanol–water partition coefficient (Wildman–Crippen LogP) is 0.236. The molecule has 0 spiro atoms. The van der Waals surface area contributed by atoms with E-state index in [1.807, 2.05) is 46.4 Å². The third kappa shape index (κ3) is 20.1. The van der Waals surface area contributed by atoms with Crippen molar-refractivity contribution in [3.63, 3.8) is 0 Å². The summed E-state index contributed by atoms with van der Waals surface area (Å²) in [6.07, 6.45) is 2.65. The summed E-state index contributed by atoms with van der Waals surface area (Å²) in [5.41, 5.74) is -0.855. The van der Waals surface area contributed by atoms with Gasteiger partial charge >= 0.3 is 41.7 Å². The van der Waals surface area contributed by atoms with Gasteiger partial charge in [-0.25, -0.2) is 29.5 Å². The zero-order valence-corrected chi connectivity index (χ0v) is 31.4. The molecule has 0 saturated carbocycles. The summed E-state index contributed by atoms with van der Waals surface area (Å²) >= 11 is 16.6. The second-order valence-electron chi connectivity index (χ2n) is 11.2. The van der Waals surface area contributed by atoms with Crippen LogP contribution < -0.4 is 45.0 Å². The number of ether oxygens (including phenoxy) is 2. The van der Waals surface area contributed by atoms with Crippen LogP contribution in [-0.4, -0.2) is 112 Å². The molecular formula is C27H40Cl3N8NaO7. The Labute approximate surface area is 306 Å². The maximum absolute atomic E-state index is 11.9. The third-order valence-electron chi connectivity index (χ3n) is 5.22. The van der Waals surface area contributed by atoms with Crippen LogP contribution in [0.1, 0.15) is 41.5 Å². The minimum Gasteiger partial charge on any atom is -0.662 e. The molecule has 2 aromatic rings. The van der Waals surface area contributed by atoms with E-state index in [9.17, 15) is 9.59 Å². The van der Waals surface area contributed by atoms with Crippen LogP contribution in [0.15, 0.2) is 24.5 Å². The van der Waals surface area contributed by atoms with E-state index < -0.39 is 5.60 Å². The Morgan fingerprint density at radius 3 is 1.61 bits per heavy atom. The average molecular weight is 718 g/mol. The minimum absolute atomic E-state index is 0. The van der Waals surface area contributed by atoms with Crippen molar-refractivity contribution in [2.45, 2.75) is 52.7 Å². The first-order valence-electron chi connectivity index (χ1n) is 13.8. The molecular weight excluding hydrogens is 678 g/mol. The third-order valence-corrected chi connectivity index (χ3v) is 5.83. The maximum atomic E-state index is 11.9. The molecule has 2 aliphatic rings. The van der Waals surface area contributed by atoms with Gasteiger partial charge in [-0.3, -0.25) is 4.79 Å². The topological polar surface area (TPSA) is 175 Å². The second-order valence-corrected chi connectivity index (χ2v) is 12.3. The molecule has 2 amide bonds. The molecule has 4 heterocycles. The van der Waals surface area contributed by atoms with Gasteiger partial charge in [-0.15, -0.1) is 0 Å². The molecule has 0 atom stereocenters. The van der Waals surface area contributed by atoms with E-state index in [-0.39, 0.29) is 59.1 Å². The number of carbonyl (C=O) groups is 3. The Morgan fingerprint density at radius 1 is 0.804 bits per heavy atom. The van der Waals surface area contributed by atoms with Gasteiger partial charge < -0.3 is 39.6 Å². The fourth-order valence-corrected chi connectivity index (χ4v) is 3.84. The quantitative estimate of drug-likeness (QED) is 0.112. The van der Waals surface area contributed by atoms with Crippen molar-refractivity contribution in [2.24, 2.45) is 0 Å². The molecule has 0 bridgehead atoms. The molecule has 19 heteroatoms. The van der Waals surface area contributed by atoms with Crippen LogP contribution in [-0.2, 0) is 19.2 Å². The molecule has 2 saturated heterocycles. The number of amides is 2. The zero-order chi connectivity index (χ0) is 34.0. The summed E-state index contributed by atoms with van der Waals surface area (Å²) in [6.45, 7) is 16.8. The summed E-state index contributed by atoms with van der Waals surface area (Å²) in [5.74, 6) is 0.598. The van der Waals surface area contributed by atoms with E-state index in [1.54, 1.807) is 28.1 Å². The summed E-state index contributed by atoms with van der Waals surface area (Å²) < 4.78 is 10.6. The summed E-state index contributed by atoms with van der Waals surface area (Å²) in [5, 5.41) is 12.6. The Bertz CT molecular complexity index is 1180. The van der Waals surface area contributed by atoms with Crippen molar-refractivity contribution in [1.82, 2.24) is 35.1 Å². The normalized spacial score (nSPS) is 14.3. The number of rotatable bonds is 2. The van der Waals surface area contributed by atoms with E-state index in [1.165, 1.54) is 6.20 Å². The summed E-state index contributed by atoms with van der Waals surface area (Å²) in [6, 6.07) is 3.20. The van der Waals surface area contributed by atoms with Crippen LogP contribution in [0, 0.1) is 0 Å². The fourth-order valence-electron chi connectivity index (χ4n) is 3.38. The number of nitrogens with one attached hydrogen (secondary N) is 1. The molecule has 0 unspecified atom stereocenters. The number of carbonyl (C=O) groups excluding carboxylic acids is 3. The van der Waals surface area contributed by atoms with Gasteiger partial charge in [0.2, 0.25) is 11.2 Å². The standard InChI is InChI=1S/C13H19ClN4O2.C9H18N2O2.C4H2Cl2N2.CH2O3.Na/c1-13(2,3)20-12(19)18-8-6-17(7-9-18)11-15-5-4-10(14)16-11;1-9(2,3)13-8(12)11-6-4-10-5-7-11;5-3-1-2-7-4(6)8-3;2-1-4-3;/h4-5H,6-9H2,1-3H3;10H,4-7H2,1-3H3;1-2H;1,3H;/q;;;;+1/p-1. The molecule has 1 N–H and O–H groups in total. The molecule has 46 heavy (non-hydrogen) atoms. The first kappa shape index (κ1) is 43.8. The molecule has 2 aliphatic heterocycles. The van der Waals surface area contributed by atoms with Gasteiger partial charge in [0.05, 0.1) is 0 Å². The first-order chi connectivity index (χ1) is 21.0. The van der Waals surface area contributed by atoms with Crippen molar-refractivity contribution in [3.8, 4) is 0 Å². The van der Waals surface area contributed by atoms with E-state index in [0.29, 0.717) is 42.4 Å². The minimum atomic E-state index is -0.468. The molecule has 4 rings (SSSR count). The van der Waals surface area contributed by atoms with Gasteiger partial charge in [0.15, 0.2) is 0 Å². The Balaban J connectivity index is 0.000000668. The van der Waals surface area contributed by atoms with E-state index in [2.05, 4.69) is 30.1 Å². The van der Waals surface area contributed by atoms with Crippen molar-refractivity contribution in [1.29, 1.82) is 0 Å². The second kappa shape index (κ2) is 22.4.